The summed E-state index contributed by atoms with van der Waals surface area (Å²) in [7, 11) is 0. The SMILES string of the molecule is O=C1Cc2c(C(=O)ON3C(=O)CCC3=O)nn(Cc3ccccc3)c2C1. The lowest BCUT2D eigenvalue weighted by atomic mass is 10.2. The van der Waals surface area contributed by atoms with Crippen LogP contribution in [0.4, 0.5) is 0 Å². The van der Waals surface area contributed by atoms with Gasteiger partial charge in [-0.05, 0) is 5.56 Å². The van der Waals surface area contributed by atoms with Gasteiger partial charge in [-0.15, -0.1) is 5.06 Å². The molecule has 8 nitrogen and oxygen atoms in total. The maximum atomic E-state index is 12.5. The molecule has 1 aromatic heterocycles. The van der Waals surface area contributed by atoms with Crippen LogP contribution in [-0.2, 0) is 38.6 Å². The van der Waals surface area contributed by atoms with Crippen LogP contribution in [0.2, 0.25) is 0 Å². The first-order valence-electron chi connectivity index (χ1n) is 8.25. The minimum Gasteiger partial charge on any atom is -0.323 e. The van der Waals surface area contributed by atoms with Gasteiger partial charge in [-0.3, -0.25) is 19.1 Å². The zero-order chi connectivity index (χ0) is 18.3. The van der Waals surface area contributed by atoms with E-state index in [1.165, 1.54) is 0 Å². The van der Waals surface area contributed by atoms with Crippen molar-refractivity contribution in [1.29, 1.82) is 0 Å². The number of carbonyl (C=O) groups excluding carboxylic acids is 4. The topological polar surface area (TPSA) is 98.6 Å². The van der Waals surface area contributed by atoms with E-state index in [2.05, 4.69) is 5.10 Å². The van der Waals surface area contributed by atoms with E-state index in [-0.39, 0.29) is 37.2 Å². The number of hydroxylamine groups is 2. The predicted molar refractivity (Wildman–Crippen MR) is 86.7 cm³/mol. The summed E-state index contributed by atoms with van der Waals surface area (Å²) in [6.45, 7) is 0.408. The van der Waals surface area contributed by atoms with E-state index < -0.39 is 17.8 Å². The summed E-state index contributed by atoms with van der Waals surface area (Å²) in [5.41, 5.74) is 2.14. The Bertz CT molecular complexity index is 916. The monoisotopic (exact) mass is 353 g/mol. The molecule has 2 heterocycles. The second-order valence-corrected chi connectivity index (χ2v) is 6.27. The molecule has 0 saturated carbocycles. The first-order valence-corrected chi connectivity index (χ1v) is 8.25. The molecule has 1 aliphatic carbocycles. The van der Waals surface area contributed by atoms with Crippen LogP contribution in [0.1, 0.15) is 40.2 Å². The molecule has 0 radical (unpaired) electrons. The van der Waals surface area contributed by atoms with Crippen LogP contribution in [0.25, 0.3) is 0 Å². The molecule has 2 amide bonds. The first kappa shape index (κ1) is 16.2. The van der Waals surface area contributed by atoms with Gasteiger partial charge in [-0.25, -0.2) is 4.79 Å². The van der Waals surface area contributed by atoms with Crippen molar-refractivity contribution in [2.75, 3.05) is 0 Å². The van der Waals surface area contributed by atoms with Gasteiger partial charge in [-0.1, -0.05) is 30.3 Å². The van der Waals surface area contributed by atoms with Gasteiger partial charge in [0.05, 0.1) is 12.2 Å². The largest absolute Gasteiger partial charge is 0.384 e. The molecule has 1 aromatic carbocycles. The number of ketones is 1. The Morgan fingerprint density at radius 3 is 2.42 bits per heavy atom. The molecule has 1 fully saturated rings. The van der Waals surface area contributed by atoms with Gasteiger partial charge < -0.3 is 4.84 Å². The van der Waals surface area contributed by atoms with Crippen molar-refractivity contribution in [1.82, 2.24) is 14.8 Å². The van der Waals surface area contributed by atoms with Gasteiger partial charge in [0.2, 0.25) is 0 Å². The van der Waals surface area contributed by atoms with E-state index in [1.807, 2.05) is 30.3 Å². The summed E-state index contributed by atoms with van der Waals surface area (Å²) < 4.78 is 1.61. The third-order valence-corrected chi connectivity index (χ3v) is 4.45. The molecule has 4 rings (SSSR count). The van der Waals surface area contributed by atoms with Crippen molar-refractivity contribution in [3.8, 4) is 0 Å². The summed E-state index contributed by atoms with van der Waals surface area (Å²) in [4.78, 5) is 52.6. The number of nitrogens with zero attached hydrogens (tertiary/aromatic N) is 3. The maximum Gasteiger partial charge on any atom is 0.384 e. The molecule has 1 aliphatic heterocycles. The van der Waals surface area contributed by atoms with Crippen LogP contribution in [0, 0.1) is 0 Å². The fourth-order valence-electron chi connectivity index (χ4n) is 3.20. The molecule has 0 atom stereocenters. The van der Waals surface area contributed by atoms with E-state index in [0.717, 1.165) is 5.56 Å². The predicted octanol–water partition coefficient (Wildman–Crippen LogP) is 0.820. The number of fused-ring (bicyclic) bond motifs is 1. The number of benzene rings is 1. The minimum absolute atomic E-state index is 0.0124. The van der Waals surface area contributed by atoms with E-state index in [9.17, 15) is 19.2 Å². The van der Waals surface area contributed by atoms with Gasteiger partial charge in [0.25, 0.3) is 11.8 Å². The Labute approximate surface area is 148 Å². The Hall–Kier alpha value is -3.29. The first-order chi connectivity index (χ1) is 12.5. The molecule has 2 aliphatic rings. The lowest BCUT2D eigenvalue weighted by molar-refractivity contribution is -0.172. The van der Waals surface area contributed by atoms with Crippen molar-refractivity contribution in [3.05, 3.63) is 52.8 Å². The summed E-state index contributed by atoms with van der Waals surface area (Å²) in [6.07, 6.45) is 0.330. The van der Waals surface area contributed by atoms with Crippen molar-refractivity contribution in [3.63, 3.8) is 0 Å². The molecule has 0 N–H and O–H groups in total. The van der Waals surface area contributed by atoms with E-state index in [0.29, 0.717) is 22.9 Å². The lowest BCUT2D eigenvalue weighted by Crippen LogP contribution is -2.32. The molecular weight excluding hydrogens is 338 g/mol. The fraction of sp³-hybridized carbons (Fsp3) is 0.278. The van der Waals surface area contributed by atoms with Crippen molar-refractivity contribution in [2.24, 2.45) is 0 Å². The highest BCUT2D eigenvalue weighted by atomic mass is 16.7. The number of amides is 2. The van der Waals surface area contributed by atoms with Gasteiger partial charge in [0.15, 0.2) is 5.69 Å². The third-order valence-electron chi connectivity index (χ3n) is 4.45. The summed E-state index contributed by atoms with van der Waals surface area (Å²) >= 11 is 0. The normalized spacial score (nSPS) is 16.3. The van der Waals surface area contributed by atoms with Gasteiger partial charge >= 0.3 is 5.97 Å². The Morgan fingerprint density at radius 1 is 1.04 bits per heavy atom. The second-order valence-electron chi connectivity index (χ2n) is 6.27. The zero-order valence-electron chi connectivity index (χ0n) is 13.8. The molecule has 132 valence electrons. The number of hydrogen-bond acceptors (Lipinski definition) is 6. The van der Waals surface area contributed by atoms with Crippen LogP contribution in [0.5, 0.6) is 0 Å². The number of carbonyl (C=O) groups is 4. The fourth-order valence-corrected chi connectivity index (χ4v) is 3.20. The van der Waals surface area contributed by atoms with E-state index in [4.69, 9.17) is 4.84 Å². The average Bonchev–Trinajstić information content (AvgIpc) is 3.25. The number of aromatic nitrogens is 2. The second kappa shape index (κ2) is 6.21. The van der Waals surface area contributed by atoms with E-state index >= 15 is 0 Å². The van der Waals surface area contributed by atoms with Crippen LogP contribution in [0.15, 0.2) is 30.3 Å². The smallest absolute Gasteiger partial charge is 0.323 e. The van der Waals surface area contributed by atoms with Gasteiger partial charge in [0, 0.05) is 31.2 Å². The molecule has 8 heteroatoms. The quantitative estimate of drug-likeness (QED) is 0.755. The average molecular weight is 353 g/mol. The standard InChI is InChI=1S/C18H15N3O5/c22-12-8-13-14(9-12)20(10-11-4-2-1-3-5-11)19-17(13)18(25)26-21-15(23)6-7-16(21)24/h1-5H,6-10H2. The van der Waals surface area contributed by atoms with Crippen molar-refractivity contribution < 1.29 is 24.0 Å². The summed E-state index contributed by atoms with van der Waals surface area (Å²) in [5.74, 6) is -2.02. The highest BCUT2D eigenvalue weighted by Gasteiger charge is 2.36. The van der Waals surface area contributed by atoms with E-state index in [1.54, 1.807) is 4.68 Å². The molecule has 2 aromatic rings. The molecule has 1 saturated heterocycles. The molecule has 0 bridgehead atoms. The Morgan fingerprint density at radius 2 is 1.73 bits per heavy atom. The van der Waals surface area contributed by atoms with Crippen LogP contribution in [0.3, 0.4) is 0 Å². The van der Waals surface area contributed by atoms with Crippen LogP contribution >= 0.6 is 0 Å². The molecule has 0 unspecified atom stereocenters. The molecule has 26 heavy (non-hydrogen) atoms. The summed E-state index contributed by atoms with van der Waals surface area (Å²) in [6, 6.07) is 9.52. The number of hydrogen-bond donors (Lipinski definition) is 0. The summed E-state index contributed by atoms with van der Waals surface area (Å²) in [5, 5.41) is 4.78. The number of Topliss-reactive ketones (excluding diaryl/α,β-unsaturated/α-hetero) is 1. The van der Waals surface area contributed by atoms with Gasteiger partial charge in [0.1, 0.15) is 5.78 Å². The van der Waals surface area contributed by atoms with Crippen molar-refractivity contribution >= 4 is 23.6 Å². The third kappa shape index (κ3) is 2.79. The van der Waals surface area contributed by atoms with Gasteiger partial charge in [-0.2, -0.15) is 5.10 Å². The Kier molecular flexibility index (Phi) is 3.87. The highest BCUT2D eigenvalue weighted by Crippen LogP contribution is 2.25. The number of rotatable bonds is 4. The Balaban J connectivity index is 1.63. The van der Waals surface area contributed by atoms with Crippen molar-refractivity contribution in [2.45, 2.75) is 32.2 Å². The zero-order valence-corrected chi connectivity index (χ0v) is 13.8. The maximum absolute atomic E-state index is 12.5. The number of imide groups is 1. The van der Waals surface area contributed by atoms with Crippen LogP contribution < -0.4 is 0 Å². The molecule has 0 spiro atoms. The minimum atomic E-state index is -0.897. The van der Waals surface area contributed by atoms with Crippen LogP contribution in [-0.4, -0.2) is 38.4 Å². The highest BCUT2D eigenvalue weighted by molar-refractivity contribution is 6.03. The molecular formula is C18H15N3O5. The lowest BCUT2D eigenvalue weighted by Gasteiger charge is -2.11.